The van der Waals surface area contributed by atoms with Crippen LogP contribution < -0.4 is 5.32 Å². The van der Waals surface area contributed by atoms with Gasteiger partial charge in [-0.2, -0.15) is 0 Å². The highest BCUT2D eigenvalue weighted by molar-refractivity contribution is 7.91. The van der Waals surface area contributed by atoms with E-state index in [9.17, 15) is 13.2 Å². The van der Waals surface area contributed by atoms with E-state index in [1.165, 1.54) is 32.9 Å². The molecule has 0 spiro atoms. The van der Waals surface area contributed by atoms with E-state index in [4.69, 9.17) is 0 Å². The average Bonchev–Trinajstić information content (AvgIpc) is 3.15. The number of hydrogen-bond donors (Lipinski definition) is 1. The summed E-state index contributed by atoms with van der Waals surface area (Å²) in [6, 6.07) is 10.4. The number of aryl methyl sites for hydroxylation is 2. The van der Waals surface area contributed by atoms with Gasteiger partial charge in [0.1, 0.15) is 0 Å². The maximum absolute atomic E-state index is 12.4. The number of fused-ring (bicyclic) bond motifs is 3. The van der Waals surface area contributed by atoms with Gasteiger partial charge in [0.15, 0.2) is 9.84 Å². The fourth-order valence-electron chi connectivity index (χ4n) is 3.54. The van der Waals surface area contributed by atoms with Gasteiger partial charge in [-0.3, -0.25) is 4.79 Å². The van der Waals surface area contributed by atoms with Crippen molar-refractivity contribution in [2.45, 2.75) is 19.3 Å². The summed E-state index contributed by atoms with van der Waals surface area (Å²) in [7, 11) is -2.89. The lowest BCUT2D eigenvalue weighted by molar-refractivity contribution is 0.0952. The van der Waals surface area contributed by atoms with Crippen LogP contribution in [0, 0.1) is 5.92 Å². The monoisotopic (exact) mass is 361 g/mol. The van der Waals surface area contributed by atoms with Gasteiger partial charge in [-0.05, 0) is 47.9 Å². The number of carbonyl (C=O) groups is 1. The Morgan fingerprint density at radius 3 is 2.79 bits per heavy atom. The van der Waals surface area contributed by atoms with Crippen molar-refractivity contribution in [2.24, 2.45) is 5.92 Å². The van der Waals surface area contributed by atoms with Gasteiger partial charge < -0.3 is 5.32 Å². The molecule has 2 heterocycles. The third kappa shape index (κ3) is 3.00. The lowest BCUT2D eigenvalue weighted by Crippen LogP contribution is -2.29. The smallest absolute Gasteiger partial charge is 0.261 e. The molecule has 1 saturated heterocycles. The highest BCUT2D eigenvalue weighted by Crippen LogP contribution is 2.39. The predicted molar refractivity (Wildman–Crippen MR) is 96.3 cm³/mol. The number of thiophene rings is 1. The highest BCUT2D eigenvalue weighted by atomic mass is 32.2. The molecule has 1 unspecified atom stereocenters. The Morgan fingerprint density at radius 2 is 2.00 bits per heavy atom. The molecule has 1 aromatic carbocycles. The molecule has 1 aliphatic carbocycles. The molecule has 0 saturated carbocycles. The minimum atomic E-state index is -2.89. The van der Waals surface area contributed by atoms with E-state index in [2.05, 4.69) is 23.5 Å². The van der Waals surface area contributed by atoms with Crippen LogP contribution in [-0.4, -0.2) is 32.4 Å². The van der Waals surface area contributed by atoms with Crippen molar-refractivity contribution in [3.05, 3.63) is 46.3 Å². The standard InChI is InChI=1S/C18H19NO3S2/c20-18(19-10-12-7-8-24(21,22)11-12)16-9-14-6-5-13-3-1-2-4-15(13)17(14)23-16/h1-4,9,12H,5-8,10-11H2,(H,19,20). The van der Waals surface area contributed by atoms with Crippen LogP contribution in [0.1, 0.15) is 27.2 Å². The molecule has 0 bridgehead atoms. The molecule has 126 valence electrons. The summed E-state index contributed by atoms with van der Waals surface area (Å²) in [6.45, 7) is 0.442. The first kappa shape index (κ1) is 15.8. The lowest BCUT2D eigenvalue weighted by Gasteiger charge is -2.15. The largest absolute Gasteiger partial charge is 0.351 e. The zero-order chi connectivity index (χ0) is 16.7. The Balaban J connectivity index is 1.48. The maximum atomic E-state index is 12.4. The van der Waals surface area contributed by atoms with Gasteiger partial charge in [0.2, 0.25) is 0 Å². The van der Waals surface area contributed by atoms with E-state index in [-0.39, 0.29) is 23.3 Å². The van der Waals surface area contributed by atoms with Crippen LogP contribution in [-0.2, 0) is 22.7 Å². The van der Waals surface area contributed by atoms with Crippen LogP contribution in [0.3, 0.4) is 0 Å². The lowest BCUT2D eigenvalue weighted by atomic mass is 9.91. The minimum absolute atomic E-state index is 0.0502. The number of rotatable bonds is 3. The van der Waals surface area contributed by atoms with E-state index in [1.54, 1.807) is 0 Å². The summed E-state index contributed by atoms with van der Waals surface area (Å²) in [6.07, 6.45) is 2.63. The normalized spacial score (nSPS) is 21.1. The van der Waals surface area contributed by atoms with Crippen LogP contribution in [0.2, 0.25) is 0 Å². The molecular formula is C18H19NO3S2. The average molecular weight is 361 g/mol. The van der Waals surface area contributed by atoms with Gasteiger partial charge in [-0.25, -0.2) is 8.42 Å². The third-order valence-corrected chi connectivity index (χ3v) is 7.88. The van der Waals surface area contributed by atoms with Gasteiger partial charge in [0.25, 0.3) is 5.91 Å². The van der Waals surface area contributed by atoms with Crippen LogP contribution >= 0.6 is 11.3 Å². The molecule has 0 radical (unpaired) electrons. The fraction of sp³-hybridized carbons (Fsp3) is 0.389. The van der Waals surface area contributed by atoms with E-state index in [0.29, 0.717) is 13.0 Å². The molecular weight excluding hydrogens is 342 g/mol. The van der Waals surface area contributed by atoms with Gasteiger partial charge in [-0.1, -0.05) is 24.3 Å². The van der Waals surface area contributed by atoms with Crippen molar-refractivity contribution in [1.29, 1.82) is 0 Å². The second kappa shape index (κ2) is 6.01. The number of hydrogen-bond acceptors (Lipinski definition) is 4. The van der Waals surface area contributed by atoms with Crippen molar-refractivity contribution >= 4 is 27.1 Å². The molecule has 4 nitrogen and oxygen atoms in total. The van der Waals surface area contributed by atoms with Crippen molar-refractivity contribution < 1.29 is 13.2 Å². The molecule has 1 fully saturated rings. The van der Waals surface area contributed by atoms with Gasteiger partial charge in [0.05, 0.1) is 16.4 Å². The first-order chi connectivity index (χ1) is 11.5. The first-order valence-corrected chi connectivity index (χ1v) is 10.9. The number of sulfone groups is 1. The molecule has 24 heavy (non-hydrogen) atoms. The van der Waals surface area contributed by atoms with E-state index in [0.717, 1.165) is 17.7 Å². The molecule has 1 N–H and O–H groups in total. The van der Waals surface area contributed by atoms with Crippen LogP contribution in [0.4, 0.5) is 0 Å². The summed E-state index contributed by atoms with van der Waals surface area (Å²) < 4.78 is 23.0. The summed E-state index contributed by atoms with van der Waals surface area (Å²) in [5.41, 5.74) is 3.83. The Labute approximate surface area is 145 Å². The van der Waals surface area contributed by atoms with Crippen molar-refractivity contribution in [2.75, 3.05) is 18.1 Å². The SMILES string of the molecule is O=C(NCC1CCS(=O)(=O)C1)c1cc2c(s1)-c1ccccc1CC2. The summed E-state index contributed by atoms with van der Waals surface area (Å²) >= 11 is 1.54. The number of carbonyl (C=O) groups excluding carboxylic acids is 1. The second-order valence-corrected chi connectivity index (χ2v) is 9.88. The molecule has 1 amide bonds. The number of amides is 1. The van der Waals surface area contributed by atoms with Crippen LogP contribution in [0.25, 0.3) is 10.4 Å². The fourth-order valence-corrected chi connectivity index (χ4v) is 6.59. The topological polar surface area (TPSA) is 63.2 Å². The Morgan fingerprint density at radius 1 is 1.21 bits per heavy atom. The zero-order valence-corrected chi connectivity index (χ0v) is 14.9. The van der Waals surface area contributed by atoms with Crippen molar-refractivity contribution in [3.8, 4) is 10.4 Å². The van der Waals surface area contributed by atoms with Crippen molar-refractivity contribution in [3.63, 3.8) is 0 Å². The summed E-state index contributed by atoms with van der Waals surface area (Å²) in [4.78, 5) is 14.4. The van der Waals surface area contributed by atoms with Crippen LogP contribution in [0.15, 0.2) is 30.3 Å². The predicted octanol–water partition coefficient (Wildman–Crippen LogP) is 2.68. The second-order valence-electron chi connectivity index (χ2n) is 6.60. The molecule has 4 rings (SSSR count). The van der Waals surface area contributed by atoms with Crippen molar-refractivity contribution in [1.82, 2.24) is 5.32 Å². The van der Waals surface area contributed by atoms with Crippen LogP contribution in [0.5, 0.6) is 0 Å². The Hall–Kier alpha value is -1.66. The van der Waals surface area contributed by atoms with Gasteiger partial charge in [0, 0.05) is 11.4 Å². The highest BCUT2D eigenvalue weighted by Gasteiger charge is 2.28. The molecule has 6 heteroatoms. The summed E-state index contributed by atoms with van der Waals surface area (Å²) in [5.74, 6) is 0.407. The summed E-state index contributed by atoms with van der Waals surface area (Å²) in [5, 5.41) is 2.92. The van der Waals surface area contributed by atoms with Gasteiger partial charge >= 0.3 is 0 Å². The first-order valence-electron chi connectivity index (χ1n) is 8.21. The number of benzene rings is 1. The molecule has 2 aromatic rings. The number of nitrogens with one attached hydrogen (secondary N) is 1. The Bertz CT molecular complexity index is 899. The molecule has 1 aromatic heterocycles. The molecule has 2 aliphatic rings. The third-order valence-electron chi connectivity index (χ3n) is 4.84. The molecule has 1 aliphatic heterocycles. The minimum Gasteiger partial charge on any atom is -0.351 e. The van der Waals surface area contributed by atoms with E-state index < -0.39 is 9.84 Å². The zero-order valence-electron chi connectivity index (χ0n) is 13.2. The Kier molecular flexibility index (Phi) is 3.96. The van der Waals surface area contributed by atoms with E-state index in [1.807, 2.05) is 12.1 Å². The molecule has 1 atom stereocenters. The maximum Gasteiger partial charge on any atom is 0.261 e. The van der Waals surface area contributed by atoms with Gasteiger partial charge in [-0.15, -0.1) is 11.3 Å². The quantitative estimate of drug-likeness (QED) is 0.914. The van der Waals surface area contributed by atoms with E-state index >= 15 is 0 Å².